The summed E-state index contributed by atoms with van der Waals surface area (Å²) in [7, 11) is 3.97. The molecule has 0 aliphatic rings. The monoisotopic (exact) mass is 455 g/mol. The average molecular weight is 456 g/mol. The van der Waals surface area contributed by atoms with Gasteiger partial charge in [-0.15, -0.1) is 11.3 Å². The van der Waals surface area contributed by atoms with E-state index in [1.165, 1.54) is 6.07 Å². The number of fused-ring (bicyclic) bond motifs is 2. The number of nitrogens with zero attached hydrogens (tertiary/aromatic N) is 5. The number of aromatic nitrogens is 6. The lowest BCUT2D eigenvalue weighted by Crippen LogP contribution is -2.08. The summed E-state index contributed by atoms with van der Waals surface area (Å²) in [6, 6.07) is 13.2. The van der Waals surface area contributed by atoms with Gasteiger partial charge >= 0.3 is 0 Å². The van der Waals surface area contributed by atoms with E-state index in [0.29, 0.717) is 17.2 Å². The van der Waals surface area contributed by atoms with Crippen LogP contribution in [0.2, 0.25) is 0 Å². The van der Waals surface area contributed by atoms with Crippen molar-refractivity contribution in [3.63, 3.8) is 0 Å². The van der Waals surface area contributed by atoms with Crippen LogP contribution >= 0.6 is 11.3 Å². The van der Waals surface area contributed by atoms with Gasteiger partial charge in [0.2, 0.25) is 0 Å². The highest BCUT2D eigenvalue weighted by atomic mass is 32.1. The van der Waals surface area contributed by atoms with Gasteiger partial charge in [0.1, 0.15) is 5.69 Å². The van der Waals surface area contributed by atoms with Crippen LogP contribution in [0.25, 0.3) is 55.2 Å². The van der Waals surface area contributed by atoms with E-state index >= 15 is 0 Å². The molecule has 33 heavy (non-hydrogen) atoms. The number of pyridine rings is 2. The number of H-pyrrole nitrogens is 2. The number of anilines is 1. The van der Waals surface area contributed by atoms with E-state index in [-0.39, 0.29) is 5.13 Å². The zero-order valence-electron chi connectivity index (χ0n) is 17.8. The lowest BCUT2D eigenvalue weighted by Gasteiger charge is -2.12. The summed E-state index contributed by atoms with van der Waals surface area (Å²) >= 11 is 1.11. The summed E-state index contributed by atoms with van der Waals surface area (Å²) in [6.45, 7) is 0. The SMILES string of the molecule is CN(C)c1cncc(-c2cnc3[nH]nc(-c4nc5c(-c6ccc(F)s6)cccc5[nH]4)c3c2)c1. The molecule has 0 saturated heterocycles. The van der Waals surface area contributed by atoms with Gasteiger partial charge in [-0.05, 0) is 30.3 Å². The summed E-state index contributed by atoms with van der Waals surface area (Å²) in [5, 5.41) is 8.11. The molecule has 0 bridgehead atoms. The second kappa shape index (κ2) is 7.49. The van der Waals surface area contributed by atoms with Crippen LogP contribution in [0, 0.1) is 5.13 Å². The van der Waals surface area contributed by atoms with Crippen LogP contribution < -0.4 is 4.90 Å². The second-order valence-corrected chi connectivity index (χ2v) is 8.94. The Balaban J connectivity index is 1.48. The molecule has 5 heterocycles. The van der Waals surface area contributed by atoms with Crippen LogP contribution in [0.15, 0.2) is 61.1 Å². The van der Waals surface area contributed by atoms with Crippen molar-refractivity contribution in [1.29, 1.82) is 0 Å². The maximum absolute atomic E-state index is 13.6. The number of halogens is 1. The molecule has 1 aromatic carbocycles. The molecular weight excluding hydrogens is 437 g/mol. The van der Waals surface area contributed by atoms with Crippen molar-refractivity contribution in [2.45, 2.75) is 0 Å². The quantitative estimate of drug-likeness (QED) is 0.367. The molecule has 6 aromatic rings. The minimum Gasteiger partial charge on any atom is -0.376 e. The predicted molar refractivity (Wildman–Crippen MR) is 130 cm³/mol. The highest BCUT2D eigenvalue weighted by Gasteiger charge is 2.17. The maximum Gasteiger partial charge on any atom is 0.176 e. The minimum absolute atomic E-state index is 0.220. The zero-order valence-corrected chi connectivity index (χ0v) is 18.6. The van der Waals surface area contributed by atoms with Gasteiger partial charge in [0.25, 0.3) is 0 Å². The summed E-state index contributed by atoms with van der Waals surface area (Å²) in [5.74, 6) is 0.625. The summed E-state index contributed by atoms with van der Waals surface area (Å²) in [4.78, 5) is 20.0. The molecule has 7 nitrogen and oxygen atoms in total. The molecule has 0 atom stereocenters. The maximum atomic E-state index is 13.6. The third kappa shape index (κ3) is 3.33. The topological polar surface area (TPSA) is 86.4 Å². The van der Waals surface area contributed by atoms with Crippen LogP contribution in [0.1, 0.15) is 0 Å². The molecule has 0 radical (unpaired) electrons. The Labute approximate surface area is 192 Å². The molecule has 162 valence electrons. The molecule has 0 aliphatic heterocycles. The molecule has 0 amide bonds. The number of nitrogens with one attached hydrogen (secondary N) is 2. The first-order valence-electron chi connectivity index (χ1n) is 10.3. The Kier molecular flexibility index (Phi) is 4.44. The van der Waals surface area contributed by atoms with E-state index in [0.717, 1.165) is 55.0 Å². The van der Waals surface area contributed by atoms with Crippen LogP contribution in [-0.4, -0.2) is 44.2 Å². The van der Waals surface area contributed by atoms with E-state index in [1.54, 1.807) is 6.07 Å². The first kappa shape index (κ1) is 19.6. The lowest BCUT2D eigenvalue weighted by molar-refractivity contribution is 0.657. The standard InChI is InChI=1S/C24H18FN7S/c1-32(2)15-8-13(10-26-12-15)14-9-17-22(30-31-23(17)27-11-14)24-28-18-5-3-4-16(21(18)29-24)19-6-7-20(25)33-19/h3-12H,1-2H3,(H,28,29)(H,27,30,31). The Morgan fingerprint density at radius 2 is 1.88 bits per heavy atom. The number of hydrogen-bond acceptors (Lipinski definition) is 6. The predicted octanol–water partition coefficient (Wildman–Crippen LogP) is 5.50. The summed E-state index contributed by atoms with van der Waals surface area (Å²) in [5.41, 5.74) is 6.78. The highest BCUT2D eigenvalue weighted by Crippen LogP contribution is 2.35. The minimum atomic E-state index is -0.220. The van der Waals surface area contributed by atoms with Crippen molar-refractivity contribution in [1.82, 2.24) is 30.1 Å². The van der Waals surface area contributed by atoms with Crippen molar-refractivity contribution in [3.8, 4) is 33.1 Å². The van der Waals surface area contributed by atoms with E-state index in [2.05, 4.69) is 31.2 Å². The lowest BCUT2D eigenvalue weighted by atomic mass is 10.1. The van der Waals surface area contributed by atoms with Crippen LogP contribution in [-0.2, 0) is 0 Å². The molecule has 0 spiro atoms. The van der Waals surface area contributed by atoms with E-state index in [1.807, 2.05) is 61.9 Å². The number of rotatable bonds is 4. The normalized spacial score (nSPS) is 11.5. The molecule has 9 heteroatoms. The fourth-order valence-corrected chi connectivity index (χ4v) is 4.63. The van der Waals surface area contributed by atoms with Crippen molar-refractivity contribution < 1.29 is 4.39 Å². The first-order chi connectivity index (χ1) is 16.1. The zero-order chi connectivity index (χ0) is 22.5. The third-order valence-electron chi connectivity index (χ3n) is 5.57. The molecule has 2 N–H and O–H groups in total. The van der Waals surface area contributed by atoms with Gasteiger partial charge in [-0.3, -0.25) is 10.1 Å². The Hall–Kier alpha value is -4.11. The van der Waals surface area contributed by atoms with E-state index in [4.69, 9.17) is 4.98 Å². The van der Waals surface area contributed by atoms with Gasteiger partial charge < -0.3 is 9.88 Å². The van der Waals surface area contributed by atoms with Crippen LogP contribution in [0.4, 0.5) is 10.1 Å². The molecule has 5 aromatic heterocycles. The summed E-state index contributed by atoms with van der Waals surface area (Å²) < 4.78 is 13.6. The van der Waals surface area contributed by atoms with Gasteiger partial charge in [-0.2, -0.15) is 9.49 Å². The molecular formula is C24H18FN7S. The second-order valence-electron chi connectivity index (χ2n) is 7.91. The molecule has 0 aliphatic carbocycles. The highest BCUT2D eigenvalue weighted by molar-refractivity contribution is 7.14. The van der Waals surface area contributed by atoms with Crippen molar-refractivity contribution in [2.24, 2.45) is 0 Å². The van der Waals surface area contributed by atoms with E-state index < -0.39 is 0 Å². The third-order valence-corrected chi connectivity index (χ3v) is 6.47. The van der Waals surface area contributed by atoms with Crippen molar-refractivity contribution in [2.75, 3.05) is 19.0 Å². The number of para-hydroxylation sites is 1. The fourth-order valence-electron chi connectivity index (χ4n) is 3.87. The Morgan fingerprint density at radius 3 is 2.70 bits per heavy atom. The number of hydrogen-bond donors (Lipinski definition) is 2. The van der Waals surface area contributed by atoms with Gasteiger partial charge in [-0.25, -0.2) is 9.97 Å². The number of thiophene rings is 1. The van der Waals surface area contributed by atoms with Gasteiger partial charge in [-0.1, -0.05) is 12.1 Å². The molecule has 0 unspecified atom stereocenters. The molecule has 0 saturated carbocycles. The number of aromatic amines is 2. The van der Waals surface area contributed by atoms with Crippen LogP contribution in [0.5, 0.6) is 0 Å². The molecule has 6 rings (SSSR count). The van der Waals surface area contributed by atoms with Crippen molar-refractivity contribution >= 4 is 39.1 Å². The first-order valence-corrected chi connectivity index (χ1v) is 11.1. The Morgan fingerprint density at radius 1 is 1.00 bits per heavy atom. The molecule has 0 fully saturated rings. The average Bonchev–Trinajstić information content (AvgIpc) is 3.55. The van der Waals surface area contributed by atoms with E-state index in [9.17, 15) is 4.39 Å². The summed E-state index contributed by atoms with van der Waals surface area (Å²) in [6.07, 6.45) is 5.45. The number of imidazole rings is 1. The fraction of sp³-hybridized carbons (Fsp3) is 0.0833. The van der Waals surface area contributed by atoms with Crippen molar-refractivity contribution in [3.05, 3.63) is 66.2 Å². The van der Waals surface area contributed by atoms with Gasteiger partial charge in [0, 0.05) is 48.1 Å². The van der Waals surface area contributed by atoms with Crippen LogP contribution in [0.3, 0.4) is 0 Å². The van der Waals surface area contributed by atoms with Gasteiger partial charge in [0.15, 0.2) is 16.6 Å². The number of benzene rings is 1. The smallest absolute Gasteiger partial charge is 0.176 e. The largest absolute Gasteiger partial charge is 0.376 e. The van der Waals surface area contributed by atoms with Gasteiger partial charge in [0.05, 0.1) is 28.3 Å². The Bertz CT molecular complexity index is 1630.